The van der Waals surface area contributed by atoms with Crippen LogP contribution in [0, 0.1) is 5.92 Å². The van der Waals surface area contributed by atoms with Crippen LogP contribution in [0.3, 0.4) is 0 Å². The first-order chi connectivity index (χ1) is 22.7. The minimum atomic E-state index is -1.16. The van der Waals surface area contributed by atoms with Gasteiger partial charge in [0.25, 0.3) is 0 Å². The molecule has 4 amide bonds. The van der Waals surface area contributed by atoms with Gasteiger partial charge in [0.15, 0.2) is 5.06 Å². The molecule has 47 heavy (non-hydrogen) atoms. The largest absolute Gasteiger partial charge is 0.414 e. The number of piperidine rings is 1. The average Bonchev–Trinajstić information content (AvgIpc) is 3.84. The number of thiophene rings is 1. The Labute approximate surface area is 279 Å². The van der Waals surface area contributed by atoms with Crippen molar-refractivity contribution in [2.24, 2.45) is 11.7 Å². The van der Waals surface area contributed by atoms with Crippen LogP contribution >= 0.6 is 11.3 Å². The molecule has 3 aromatic rings. The standard InChI is InChI=1S/C36H45N5O5S/c37-35(16-6-7-17-35)33(44)41-20-14-26(15-21-41)24-38-31(42)28(22-25-10-2-1-3-11-25)39-32(43)36(18-8-9-19-36)40-34(45)46-30-23-27-12-4-5-13-29(27)47-30/h1-5,10-13,23,26,28H,6-9,14-22,24,37H2,(H,38,42)(H,39,43)(H,40,45)/t28-/m1/s1. The van der Waals surface area contributed by atoms with E-state index in [1.165, 1.54) is 11.3 Å². The van der Waals surface area contributed by atoms with Crippen molar-refractivity contribution in [1.29, 1.82) is 0 Å². The van der Waals surface area contributed by atoms with Crippen molar-refractivity contribution in [3.05, 3.63) is 66.2 Å². The Kier molecular flexibility index (Phi) is 10.1. The van der Waals surface area contributed by atoms with Gasteiger partial charge in [-0.15, -0.1) is 0 Å². The minimum Gasteiger partial charge on any atom is -0.399 e. The smallest absolute Gasteiger partial charge is 0.399 e. The molecular weight excluding hydrogens is 614 g/mol. The molecule has 2 aromatic carbocycles. The molecule has 2 aliphatic carbocycles. The van der Waals surface area contributed by atoms with Gasteiger partial charge in [-0.3, -0.25) is 14.4 Å². The molecule has 1 aromatic heterocycles. The number of nitrogens with one attached hydrogen (secondary N) is 3. The van der Waals surface area contributed by atoms with Gasteiger partial charge < -0.3 is 31.3 Å². The third-order valence-corrected chi connectivity index (χ3v) is 11.1. The van der Waals surface area contributed by atoms with Gasteiger partial charge >= 0.3 is 6.09 Å². The van der Waals surface area contributed by atoms with Crippen LogP contribution in [-0.2, 0) is 20.8 Å². The molecule has 1 atom stereocenters. The van der Waals surface area contributed by atoms with Crippen molar-refractivity contribution in [3.8, 4) is 5.06 Å². The second-order valence-corrected chi connectivity index (χ2v) is 14.5. The molecule has 250 valence electrons. The van der Waals surface area contributed by atoms with E-state index in [1.807, 2.05) is 65.6 Å². The zero-order valence-electron chi connectivity index (χ0n) is 26.8. The van der Waals surface area contributed by atoms with E-state index in [4.69, 9.17) is 10.5 Å². The van der Waals surface area contributed by atoms with Crippen LogP contribution in [0.4, 0.5) is 4.79 Å². The lowest BCUT2D eigenvalue weighted by Crippen LogP contribution is -2.61. The van der Waals surface area contributed by atoms with E-state index >= 15 is 0 Å². The predicted molar refractivity (Wildman–Crippen MR) is 182 cm³/mol. The fourth-order valence-corrected chi connectivity index (χ4v) is 8.22. The number of rotatable bonds is 10. The lowest BCUT2D eigenvalue weighted by atomic mass is 9.92. The predicted octanol–water partition coefficient (Wildman–Crippen LogP) is 4.66. The van der Waals surface area contributed by atoms with Crippen molar-refractivity contribution >= 4 is 45.2 Å². The van der Waals surface area contributed by atoms with E-state index in [-0.39, 0.29) is 23.6 Å². The lowest BCUT2D eigenvalue weighted by molar-refractivity contribution is -0.138. The summed E-state index contributed by atoms with van der Waals surface area (Å²) in [5.41, 5.74) is 5.46. The van der Waals surface area contributed by atoms with Gasteiger partial charge in [0.2, 0.25) is 17.7 Å². The quantitative estimate of drug-likeness (QED) is 0.250. The molecule has 3 aliphatic rings. The summed E-state index contributed by atoms with van der Waals surface area (Å²) in [5, 5.41) is 10.4. The van der Waals surface area contributed by atoms with Crippen LogP contribution in [0.5, 0.6) is 5.06 Å². The maximum Gasteiger partial charge on any atom is 0.414 e. The SMILES string of the molecule is NC1(C(=O)N2CCC(CNC(=O)[C@@H](Cc3ccccc3)NC(=O)C3(NC(=O)Oc4cc5ccccc5s4)CCCC3)CC2)CCCC1. The number of hydrogen-bond acceptors (Lipinski definition) is 7. The fourth-order valence-electron chi connectivity index (χ4n) is 7.31. The Morgan fingerprint density at radius 2 is 1.57 bits per heavy atom. The zero-order chi connectivity index (χ0) is 32.9. The molecule has 3 fully saturated rings. The molecular formula is C36H45N5O5S. The molecule has 0 spiro atoms. The van der Waals surface area contributed by atoms with Crippen LogP contribution in [-0.4, -0.2) is 65.5 Å². The maximum absolute atomic E-state index is 13.9. The summed E-state index contributed by atoms with van der Waals surface area (Å²) >= 11 is 1.37. The van der Waals surface area contributed by atoms with E-state index in [0.29, 0.717) is 44.0 Å². The number of likely N-dealkylation sites (tertiary alicyclic amines) is 1. The van der Waals surface area contributed by atoms with Crippen molar-refractivity contribution in [2.45, 2.75) is 87.7 Å². The van der Waals surface area contributed by atoms with E-state index in [9.17, 15) is 19.2 Å². The molecule has 0 bridgehead atoms. The second kappa shape index (κ2) is 14.4. The van der Waals surface area contributed by atoms with E-state index in [2.05, 4.69) is 16.0 Å². The number of fused-ring (bicyclic) bond motifs is 1. The first kappa shape index (κ1) is 33.0. The average molecular weight is 660 g/mol. The number of nitrogens with zero attached hydrogens (tertiary/aromatic N) is 1. The summed E-state index contributed by atoms with van der Waals surface area (Å²) in [6, 6.07) is 18.3. The summed E-state index contributed by atoms with van der Waals surface area (Å²) in [6.07, 6.45) is 7.17. The zero-order valence-corrected chi connectivity index (χ0v) is 27.6. The molecule has 0 radical (unpaired) electrons. The normalized spacial score (nSPS) is 19.6. The molecule has 1 aliphatic heterocycles. The van der Waals surface area contributed by atoms with Crippen molar-refractivity contribution < 1.29 is 23.9 Å². The van der Waals surface area contributed by atoms with E-state index < -0.39 is 23.2 Å². The topological polar surface area (TPSA) is 143 Å². The number of nitrogens with two attached hydrogens (primary N) is 1. The third kappa shape index (κ3) is 7.79. The van der Waals surface area contributed by atoms with Crippen molar-refractivity contribution in [3.63, 3.8) is 0 Å². The highest BCUT2D eigenvalue weighted by Crippen LogP contribution is 2.34. The Balaban J connectivity index is 1.07. The highest BCUT2D eigenvalue weighted by atomic mass is 32.1. The minimum absolute atomic E-state index is 0.0604. The highest BCUT2D eigenvalue weighted by Gasteiger charge is 2.45. The first-order valence-corrected chi connectivity index (χ1v) is 17.7. The van der Waals surface area contributed by atoms with Crippen LogP contribution in [0.2, 0.25) is 0 Å². The van der Waals surface area contributed by atoms with Crippen LogP contribution in [0.25, 0.3) is 10.1 Å². The molecule has 5 N–H and O–H groups in total. The Morgan fingerprint density at radius 1 is 0.915 bits per heavy atom. The van der Waals surface area contributed by atoms with E-state index in [1.54, 1.807) is 0 Å². The highest BCUT2D eigenvalue weighted by molar-refractivity contribution is 7.20. The molecule has 2 heterocycles. The van der Waals surface area contributed by atoms with Crippen LogP contribution in [0.15, 0.2) is 60.7 Å². The third-order valence-electron chi connectivity index (χ3n) is 10.1. The van der Waals surface area contributed by atoms with Gasteiger partial charge in [0, 0.05) is 36.8 Å². The van der Waals surface area contributed by atoms with Gasteiger partial charge in [0.1, 0.15) is 11.6 Å². The van der Waals surface area contributed by atoms with Gasteiger partial charge in [-0.25, -0.2) is 4.79 Å². The molecule has 1 saturated heterocycles. The molecule has 11 heteroatoms. The number of hydrogen-bond donors (Lipinski definition) is 4. The second-order valence-electron chi connectivity index (χ2n) is 13.5. The molecule has 10 nitrogen and oxygen atoms in total. The monoisotopic (exact) mass is 659 g/mol. The Hall–Kier alpha value is -3.96. The molecule has 6 rings (SSSR count). The van der Waals surface area contributed by atoms with E-state index in [0.717, 1.165) is 67.0 Å². The van der Waals surface area contributed by atoms with Crippen LogP contribution < -0.4 is 26.4 Å². The first-order valence-electron chi connectivity index (χ1n) is 16.9. The lowest BCUT2D eigenvalue weighted by Gasteiger charge is -2.37. The van der Waals surface area contributed by atoms with Crippen molar-refractivity contribution in [1.82, 2.24) is 20.9 Å². The number of benzene rings is 2. The van der Waals surface area contributed by atoms with Crippen LogP contribution in [0.1, 0.15) is 69.8 Å². The summed E-state index contributed by atoms with van der Waals surface area (Å²) < 4.78 is 6.63. The fraction of sp³-hybridized carbons (Fsp3) is 0.500. The van der Waals surface area contributed by atoms with Crippen molar-refractivity contribution in [2.75, 3.05) is 19.6 Å². The summed E-state index contributed by atoms with van der Waals surface area (Å²) in [7, 11) is 0. The van der Waals surface area contributed by atoms with Gasteiger partial charge in [-0.05, 0) is 61.5 Å². The van der Waals surface area contributed by atoms with Gasteiger partial charge in [-0.1, -0.05) is 85.6 Å². The maximum atomic E-state index is 13.9. The van der Waals surface area contributed by atoms with Gasteiger partial charge in [-0.2, -0.15) is 0 Å². The number of ether oxygens (including phenoxy) is 1. The molecule has 2 saturated carbocycles. The number of carbonyl (C=O) groups excluding carboxylic acids is 4. The Bertz CT molecular complexity index is 1540. The number of amides is 4. The van der Waals surface area contributed by atoms with Gasteiger partial charge in [0.05, 0.1) is 5.54 Å². The molecule has 0 unspecified atom stereocenters. The summed E-state index contributed by atoms with van der Waals surface area (Å²) in [5.74, 6) is -0.368. The number of carbonyl (C=O) groups is 4. The Morgan fingerprint density at radius 3 is 2.28 bits per heavy atom. The summed E-state index contributed by atoms with van der Waals surface area (Å²) in [6.45, 7) is 1.73. The summed E-state index contributed by atoms with van der Waals surface area (Å²) in [4.78, 5) is 55.6.